The zero-order valence-electron chi connectivity index (χ0n) is 13.3. The Balaban J connectivity index is 1.83. The Kier molecular flexibility index (Phi) is 6.37. The molecular weight excluding hydrogens is 336 g/mol. The average molecular weight is 358 g/mol. The molecule has 128 valence electrons. The minimum Gasteiger partial charge on any atom is -0.388 e. The molecule has 1 aliphatic rings. The predicted octanol–water partition coefficient (Wildman–Crippen LogP) is 2.21. The SMILES string of the molecule is Cc1ncc([N+](=O)[O-])n1CC(O)CSC(=S)N1CCC(C)CC1. The van der Waals surface area contributed by atoms with Gasteiger partial charge >= 0.3 is 5.82 Å². The number of nitrogens with zero attached hydrogens (tertiary/aromatic N) is 4. The van der Waals surface area contributed by atoms with E-state index in [9.17, 15) is 15.2 Å². The summed E-state index contributed by atoms with van der Waals surface area (Å²) >= 11 is 6.86. The van der Waals surface area contributed by atoms with Crippen molar-refractivity contribution in [2.24, 2.45) is 5.92 Å². The van der Waals surface area contributed by atoms with E-state index in [1.54, 1.807) is 6.92 Å². The molecule has 9 heteroatoms. The number of aromatic nitrogens is 2. The summed E-state index contributed by atoms with van der Waals surface area (Å²) in [6.45, 7) is 6.02. The number of aliphatic hydroxyl groups is 1. The molecule has 2 heterocycles. The lowest BCUT2D eigenvalue weighted by atomic mass is 10.00. The molecule has 1 N–H and O–H groups in total. The van der Waals surface area contributed by atoms with Crippen LogP contribution in [0.3, 0.4) is 0 Å². The van der Waals surface area contributed by atoms with Gasteiger partial charge in [-0.3, -0.25) is 0 Å². The van der Waals surface area contributed by atoms with Gasteiger partial charge < -0.3 is 20.1 Å². The monoisotopic (exact) mass is 358 g/mol. The van der Waals surface area contributed by atoms with E-state index in [2.05, 4.69) is 16.8 Å². The highest BCUT2D eigenvalue weighted by Gasteiger charge is 2.22. The van der Waals surface area contributed by atoms with Gasteiger partial charge in [-0.05, 0) is 23.7 Å². The summed E-state index contributed by atoms with van der Waals surface area (Å²) in [6.07, 6.45) is 2.79. The molecule has 1 atom stereocenters. The maximum atomic E-state index is 10.9. The molecule has 7 nitrogen and oxygen atoms in total. The summed E-state index contributed by atoms with van der Waals surface area (Å²) in [5, 5.41) is 21.1. The van der Waals surface area contributed by atoms with E-state index in [1.165, 1.54) is 22.5 Å². The third-order valence-electron chi connectivity index (χ3n) is 4.06. The summed E-state index contributed by atoms with van der Waals surface area (Å²) in [4.78, 5) is 16.6. The third kappa shape index (κ3) is 4.89. The number of imidazole rings is 1. The van der Waals surface area contributed by atoms with Crippen LogP contribution >= 0.6 is 24.0 Å². The molecule has 1 saturated heterocycles. The van der Waals surface area contributed by atoms with Crippen LogP contribution in [0, 0.1) is 23.0 Å². The number of likely N-dealkylation sites (tertiary alicyclic amines) is 1. The maximum Gasteiger partial charge on any atom is 0.342 e. The van der Waals surface area contributed by atoms with E-state index >= 15 is 0 Å². The fourth-order valence-electron chi connectivity index (χ4n) is 2.54. The minimum absolute atomic E-state index is 0.0980. The van der Waals surface area contributed by atoms with Crippen molar-refractivity contribution in [1.29, 1.82) is 0 Å². The van der Waals surface area contributed by atoms with E-state index in [0.29, 0.717) is 11.6 Å². The lowest BCUT2D eigenvalue weighted by Gasteiger charge is -2.32. The highest BCUT2D eigenvalue weighted by Crippen LogP contribution is 2.21. The standard InChI is InChI=1S/C14H22N4O3S2/c1-10-3-5-16(6-4-10)14(22)23-9-12(19)8-17-11(2)15-7-13(17)18(20)21/h7,10,12,19H,3-6,8-9H2,1-2H3. The number of rotatable bonds is 5. The average Bonchev–Trinajstić information content (AvgIpc) is 2.87. The fraction of sp³-hybridized carbons (Fsp3) is 0.714. The van der Waals surface area contributed by atoms with Crippen LogP contribution in [0.4, 0.5) is 5.82 Å². The second kappa shape index (κ2) is 8.07. The van der Waals surface area contributed by atoms with Crippen LogP contribution in [0.1, 0.15) is 25.6 Å². The molecule has 0 radical (unpaired) electrons. The first-order valence-electron chi connectivity index (χ1n) is 7.64. The number of hydrogen-bond acceptors (Lipinski definition) is 6. The van der Waals surface area contributed by atoms with Crippen LogP contribution < -0.4 is 0 Å². The van der Waals surface area contributed by atoms with E-state index in [-0.39, 0.29) is 12.4 Å². The molecule has 1 aromatic heterocycles. The highest BCUT2D eigenvalue weighted by atomic mass is 32.2. The van der Waals surface area contributed by atoms with Gasteiger partial charge in [-0.2, -0.15) is 0 Å². The van der Waals surface area contributed by atoms with Gasteiger partial charge in [-0.15, -0.1) is 0 Å². The van der Waals surface area contributed by atoms with Crippen LogP contribution in [-0.4, -0.2) is 53.7 Å². The summed E-state index contributed by atoms with van der Waals surface area (Å²) in [5.74, 6) is 1.58. The Morgan fingerprint density at radius 1 is 1.61 bits per heavy atom. The zero-order valence-corrected chi connectivity index (χ0v) is 15.0. The van der Waals surface area contributed by atoms with Gasteiger partial charge in [0.25, 0.3) is 0 Å². The lowest BCUT2D eigenvalue weighted by Crippen LogP contribution is -2.36. The first kappa shape index (κ1) is 18.2. The van der Waals surface area contributed by atoms with Crippen molar-refractivity contribution in [3.05, 3.63) is 22.1 Å². The Labute approximate surface area is 145 Å². The summed E-state index contributed by atoms with van der Waals surface area (Å²) in [6, 6.07) is 0. The second-order valence-electron chi connectivity index (χ2n) is 5.93. The molecule has 1 aliphatic heterocycles. The van der Waals surface area contributed by atoms with Crippen molar-refractivity contribution in [1.82, 2.24) is 14.5 Å². The first-order valence-corrected chi connectivity index (χ1v) is 9.04. The number of nitro groups is 1. The number of thiocarbonyl (C=S) groups is 1. The topological polar surface area (TPSA) is 84.4 Å². The summed E-state index contributed by atoms with van der Waals surface area (Å²) in [7, 11) is 0. The predicted molar refractivity (Wildman–Crippen MR) is 94.7 cm³/mol. The normalized spacial score (nSPS) is 17.3. The summed E-state index contributed by atoms with van der Waals surface area (Å²) in [5.41, 5.74) is 0. The van der Waals surface area contributed by atoms with Gasteiger partial charge in [0.1, 0.15) is 23.2 Å². The Hall–Kier alpha value is -1.19. The molecule has 0 aromatic carbocycles. The number of aliphatic hydroxyl groups excluding tert-OH is 1. The molecule has 0 aliphatic carbocycles. The van der Waals surface area contributed by atoms with E-state index in [0.717, 1.165) is 36.2 Å². The van der Waals surface area contributed by atoms with Crippen molar-refractivity contribution in [3.63, 3.8) is 0 Å². The number of hydrogen-bond donors (Lipinski definition) is 1. The Bertz CT molecular complexity index is 570. The largest absolute Gasteiger partial charge is 0.388 e. The van der Waals surface area contributed by atoms with Crippen molar-refractivity contribution in [2.75, 3.05) is 18.8 Å². The van der Waals surface area contributed by atoms with Gasteiger partial charge in [0.15, 0.2) is 5.82 Å². The smallest absolute Gasteiger partial charge is 0.342 e. The zero-order chi connectivity index (χ0) is 17.0. The third-order valence-corrected chi connectivity index (χ3v) is 5.72. The molecule has 0 amide bonds. The maximum absolute atomic E-state index is 10.9. The fourth-order valence-corrected chi connectivity index (χ4v) is 3.73. The summed E-state index contributed by atoms with van der Waals surface area (Å²) < 4.78 is 2.23. The molecular formula is C14H22N4O3S2. The van der Waals surface area contributed by atoms with Gasteiger partial charge in [-0.1, -0.05) is 30.9 Å². The van der Waals surface area contributed by atoms with E-state index < -0.39 is 11.0 Å². The van der Waals surface area contributed by atoms with Crippen molar-refractivity contribution >= 4 is 34.1 Å². The van der Waals surface area contributed by atoms with Crippen LogP contribution in [0.15, 0.2) is 6.20 Å². The minimum atomic E-state index is -0.715. The molecule has 0 bridgehead atoms. The van der Waals surface area contributed by atoms with Gasteiger partial charge in [0, 0.05) is 25.8 Å². The number of piperidine rings is 1. The molecule has 23 heavy (non-hydrogen) atoms. The molecule has 2 rings (SSSR count). The first-order chi connectivity index (χ1) is 10.9. The molecule has 1 unspecified atom stereocenters. The van der Waals surface area contributed by atoms with Crippen molar-refractivity contribution < 1.29 is 10.0 Å². The highest BCUT2D eigenvalue weighted by molar-refractivity contribution is 8.22. The molecule has 0 spiro atoms. The van der Waals surface area contributed by atoms with E-state index in [4.69, 9.17) is 12.2 Å². The van der Waals surface area contributed by atoms with Crippen LogP contribution in [-0.2, 0) is 6.54 Å². The van der Waals surface area contributed by atoms with Crippen LogP contribution in [0.25, 0.3) is 0 Å². The van der Waals surface area contributed by atoms with Gasteiger partial charge in [0.2, 0.25) is 0 Å². The molecule has 1 aromatic rings. The molecule has 1 fully saturated rings. The van der Waals surface area contributed by atoms with E-state index in [1.807, 2.05) is 0 Å². The quantitative estimate of drug-likeness (QED) is 0.491. The molecule has 0 saturated carbocycles. The second-order valence-corrected chi connectivity index (χ2v) is 7.59. The van der Waals surface area contributed by atoms with Gasteiger partial charge in [0.05, 0.1) is 0 Å². The Morgan fingerprint density at radius 2 is 2.26 bits per heavy atom. The number of aryl methyl sites for hydroxylation is 1. The Morgan fingerprint density at radius 3 is 2.87 bits per heavy atom. The van der Waals surface area contributed by atoms with Gasteiger partial charge in [-0.25, -0.2) is 9.55 Å². The van der Waals surface area contributed by atoms with Crippen LogP contribution in [0.5, 0.6) is 0 Å². The van der Waals surface area contributed by atoms with Crippen molar-refractivity contribution in [2.45, 2.75) is 39.3 Å². The van der Waals surface area contributed by atoms with Crippen molar-refractivity contribution in [3.8, 4) is 0 Å². The lowest BCUT2D eigenvalue weighted by molar-refractivity contribution is -0.392. The van der Waals surface area contributed by atoms with Crippen LogP contribution in [0.2, 0.25) is 0 Å². The number of thioether (sulfide) groups is 1.